The largest absolute Gasteiger partial charge is 0.453 e. The fourth-order valence-electron chi connectivity index (χ4n) is 3.48. The molecule has 0 aliphatic heterocycles. The van der Waals surface area contributed by atoms with Crippen molar-refractivity contribution in [1.82, 2.24) is 30.5 Å². The van der Waals surface area contributed by atoms with Crippen LogP contribution in [0.25, 0.3) is 0 Å². The second kappa shape index (κ2) is 12.0. The maximum absolute atomic E-state index is 13.4. The third-order valence-electron chi connectivity index (χ3n) is 5.63. The van der Waals surface area contributed by atoms with E-state index in [9.17, 15) is 22.8 Å². The Morgan fingerprint density at radius 3 is 2.70 bits per heavy atom. The maximum Gasteiger partial charge on any atom is 0.453 e. The lowest BCUT2D eigenvalue weighted by Crippen LogP contribution is -2.27. The number of nitrogens with two attached hydrogens (primary N) is 1. The highest BCUT2D eigenvalue weighted by atomic mass is 35.5. The van der Waals surface area contributed by atoms with Gasteiger partial charge < -0.3 is 16.4 Å². The Hall–Kier alpha value is -4.04. The second-order valence-electron chi connectivity index (χ2n) is 8.84. The van der Waals surface area contributed by atoms with Crippen molar-refractivity contribution in [2.24, 2.45) is 4.99 Å². The van der Waals surface area contributed by atoms with Crippen molar-refractivity contribution in [3.63, 3.8) is 0 Å². The number of aromatic nitrogens is 5. The van der Waals surface area contributed by atoms with Crippen LogP contribution in [0.5, 0.6) is 0 Å². The van der Waals surface area contributed by atoms with Gasteiger partial charge in [0, 0.05) is 22.8 Å². The molecule has 4 N–H and O–H groups in total. The second-order valence-corrected chi connectivity index (χ2v) is 9.69. The average molecular weight is 596 g/mol. The number of nitrogen functional groups attached to an aromatic ring is 1. The molecule has 0 bridgehead atoms. The first-order valence-corrected chi connectivity index (χ1v) is 12.5. The molecule has 11 nitrogen and oxygen atoms in total. The number of carbonyl (C=O) groups is 2. The minimum atomic E-state index is -4.82. The van der Waals surface area contributed by atoms with E-state index in [1.807, 2.05) is 0 Å². The molecule has 210 valence electrons. The monoisotopic (exact) mass is 595 g/mol. The lowest BCUT2D eigenvalue weighted by Gasteiger charge is -2.15. The molecule has 3 aromatic rings. The predicted molar refractivity (Wildman–Crippen MR) is 142 cm³/mol. The van der Waals surface area contributed by atoms with Crippen LogP contribution in [-0.2, 0) is 24.1 Å². The van der Waals surface area contributed by atoms with Crippen molar-refractivity contribution in [2.45, 2.75) is 45.1 Å². The molecule has 2 heterocycles. The Bertz CT molecular complexity index is 1500. The maximum atomic E-state index is 13.4. The summed E-state index contributed by atoms with van der Waals surface area (Å²) in [5.74, 6) is -2.49. The molecule has 0 atom stereocenters. The van der Waals surface area contributed by atoms with E-state index in [1.165, 1.54) is 31.3 Å². The summed E-state index contributed by atoms with van der Waals surface area (Å²) in [6.07, 6.45) is -0.382. The van der Waals surface area contributed by atoms with Gasteiger partial charge in [-0.05, 0) is 60.5 Å². The smallest absolute Gasteiger partial charge is 0.397 e. The van der Waals surface area contributed by atoms with E-state index in [-0.39, 0.29) is 45.8 Å². The highest BCUT2D eigenvalue weighted by Crippen LogP contribution is 2.30. The van der Waals surface area contributed by atoms with E-state index in [0.29, 0.717) is 15.4 Å². The van der Waals surface area contributed by atoms with Crippen LogP contribution in [0.2, 0.25) is 10.0 Å². The third-order valence-corrected chi connectivity index (χ3v) is 6.20. The first-order chi connectivity index (χ1) is 18.9. The summed E-state index contributed by atoms with van der Waals surface area (Å²) in [5.41, 5.74) is 6.64. The summed E-state index contributed by atoms with van der Waals surface area (Å²) in [6, 6.07) is 6.00. The number of benzene rings is 1. The third kappa shape index (κ3) is 7.33. The van der Waals surface area contributed by atoms with Crippen molar-refractivity contribution in [3.8, 4) is 0 Å². The molecule has 0 spiro atoms. The van der Waals surface area contributed by atoms with E-state index in [0.717, 1.165) is 12.8 Å². The highest BCUT2D eigenvalue weighted by molar-refractivity contribution is 6.32. The number of hydrogen-bond acceptors (Lipinski definition) is 8. The van der Waals surface area contributed by atoms with Crippen LogP contribution in [0.1, 0.15) is 41.6 Å². The number of aliphatic imine (C=N–C) groups is 1. The molecule has 4 rings (SSSR count). The van der Waals surface area contributed by atoms with E-state index in [1.54, 1.807) is 12.1 Å². The topological polar surface area (TPSA) is 153 Å². The van der Waals surface area contributed by atoms with Gasteiger partial charge in [-0.3, -0.25) is 19.6 Å². The standard InChI is InChI=1S/C24H22Cl2F3N9O2/c1-12(21(39)34-20-16(8-13(25)9-18(20)30)22(40)33-14-4-5-14)7-15(32-10-19-17(26)3-2-6-31-19)11-38-23(24(27,28)29)35-36-37-38/h2-3,6-9,14H,4-5,10-11,30H2,1H3,(H,33,40)(H,34,39). The number of alkyl halides is 3. The molecule has 1 aliphatic carbocycles. The molecule has 0 saturated heterocycles. The summed E-state index contributed by atoms with van der Waals surface area (Å²) in [7, 11) is 0. The quantitative estimate of drug-likeness (QED) is 0.191. The summed E-state index contributed by atoms with van der Waals surface area (Å²) in [6.45, 7) is 0.799. The fourth-order valence-corrected chi connectivity index (χ4v) is 3.89. The molecule has 2 amide bonds. The van der Waals surface area contributed by atoms with E-state index < -0.39 is 30.4 Å². The van der Waals surface area contributed by atoms with E-state index in [2.05, 4.69) is 36.1 Å². The van der Waals surface area contributed by atoms with Gasteiger partial charge in [-0.1, -0.05) is 23.2 Å². The zero-order valence-corrected chi connectivity index (χ0v) is 22.3. The molecule has 1 aliphatic rings. The number of tetrazole rings is 1. The number of rotatable bonds is 9. The number of carbonyl (C=O) groups excluding carboxylic acids is 2. The number of halogens is 5. The van der Waals surface area contributed by atoms with Gasteiger partial charge in [0.2, 0.25) is 0 Å². The van der Waals surface area contributed by atoms with Gasteiger partial charge >= 0.3 is 6.18 Å². The zero-order valence-electron chi connectivity index (χ0n) is 20.8. The number of amides is 2. The molecule has 40 heavy (non-hydrogen) atoms. The van der Waals surface area contributed by atoms with Gasteiger partial charge in [0.25, 0.3) is 17.6 Å². The Balaban J connectivity index is 1.63. The minimum Gasteiger partial charge on any atom is -0.397 e. The molecule has 1 aromatic carbocycles. The molecule has 2 aromatic heterocycles. The summed E-state index contributed by atoms with van der Waals surface area (Å²) in [4.78, 5) is 34.3. The summed E-state index contributed by atoms with van der Waals surface area (Å²) >= 11 is 12.2. The van der Waals surface area contributed by atoms with Crippen LogP contribution in [0.3, 0.4) is 0 Å². The van der Waals surface area contributed by atoms with Crippen LogP contribution in [0.4, 0.5) is 24.5 Å². The van der Waals surface area contributed by atoms with Gasteiger partial charge in [0.1, 0.15) is 0 Å². The first kappa shape index (κ1) is 29.0. The van der Waals surface area contributed by atoms with Gasteiger partial charge in [-0.25, -0.2) is 4.68 Å². The predicted octanol–water partition coefficient (Wildman–Crippen LogP) is 4.09. The molecular formula is C24H22Cl2F3N9O2. The van der Waals surface area contributed by atoms with E-state index in [4.69, 9.17) is 28.9 Å². The fraction of sp³-hybridized carbons (Fsp3) is 0.292. The van der Waals surface area contributed by atoms with Gasteiger partial charge in [0.05, 0.1) is 46.5 Å². The van der Waals surface area contributed by atoms with Crippen LogP contribution >= 0.6 is 23.2 Å². The lowest BCUT2D eigenvalue weighted by molar-refractivity contribution is -0.147. The van der Waals surface area contributed by atoms with Crippen molar-refractivity contribution in [2.75, 3.05) is 11.1 Å². The van der Waals surface area contributed by atoms with Gasteiger partial charge in [-0.2, -0.15) is 13.2 Å². The number of nitrogens with one attached hydrogen (secondary N) is 2. The molecule has 16 heteroatoms. The van der Waals surface area contributed by atoms with Crippen molar-refractivity contribution < 1.29 is 22.8 Å². The van der Waals surface area contributed by atoms with Gasteiger partial charge in [0.15, 0.2) is 0 Å². The van der Waals surface area contributed by atoms with Crippen LogP contribution in [0, 0.1) is 0 Å². The molecule has 0 radical (unpaired) electrons. The lowest BCUT2D eigenvalue weighted by atomic mass is 10.1. The molecular weight excluding hydrogens is 574 g/mol. The average Bonchev–Trinajstić information content (AvgIpc) is 3.56. The van der Waals surface area contributed by atoms with Crippen molar-refractivity contribution in [1.29, 1.82) is 0 Å². The van der Waals surface area contributed by atoms with Crippen LogP contribution < -0.4 is 16.4 Å². The highest BCUT2D eigenvalue weighted by Gasteiger charge is 2.38. The Kier molecular flexibility index (Phi) is 8.69. The van der Waals surface area contributed by atoms with Crippen molar-refractivity contribution in [3.05, 3.63) is 69.2 Å². The summed E-state index contributed by atoms with van der Waals surface area (Å²) < 4.78 is 40.6. The van der Waals surface area contributed by atoms with Crippen molar-refractivity contribution >= 4 is 52.1 Å². The molecule has 1 fully saturated rings. The number of allylic oxidation sites excluding steroid dienone is 1. The van der Waals surface area contributed by atoms with Crippen LogP contribution in [0.15, 0.2) is 47.1 Å². The van der Waals surface area contributed by atoms with E-state index >= 15 is 0 Å². The molecule has 0 unspecified atom stereocenters. The number of pyridine rings is 1. The molecule has 1 saturated carbocycles. The summed E-state index contributed by atoms with van der Waals surface area (Å²) in [5, 5.41) is 15.5. The Morgan fingerprint density at radius 1 is 1.27 bits per heavy atom. The normalized spacial score (nSPS) is 14.2. The Morgan fingerprint density at radius 2 is 2.02 bits per heavy atom. The van der Waals surface area contributed by atoms with Crippen LogP contribution in [-0.4, -0.2) is 48.8 Å². The zero-order chi connectivity index (χ0) is 29.0. The number of hydrogen-bond donors (Lipinski definition) is 3. The number of nitrogens with zero attached hydrogens (tertiary/aromatic N) is 6. The number of anilines is 2. The first-order valence-electron chi connectivity index (χ1n) is 11.8. The minimum absolute atomic E-state index is 0.0166. The van der Waals surface area contributed by atoms with Gasteiger partial charge in [-0.15, -0.1) is 5.10 Å². The SMILES string of the molecule is CC(=CC(Cn1nnnc1C(F)(F)F)=NCc1ncccc1Cl)C(=O)Nc1c(N)cc(Cl)cc1C(=O)NC1CC1. The Labute approximate surface area is 235 Å².